The summed E-state index contributed by atoms with van der Waals surface area (Å²) in [7, 11) is 1.74. The van der Waals surface area contributed by atoms with E-state index in [0.29, 0.717) is 17.8 Å². The Kier molecular flexibility index (Phi) is 5.40. The smallest absolute Gasteiger partial charge is 0.321 e. The monoisotopic (exact) mass is 301 g/mol. The summed E-state index contributed by atoms with van der Waals surface area (Å²) in [6.45, 7) is 2.44. The molecule has 1 saturated carbocycles. The molecule has 5 heteroatoms. The number of anilines is 1. The van der Waals surface area contributed by atoms with Crippen molar-refractivity contribution in [3.05, 3.63) is 29.3 Å². The van der Waals surface area contributed by atoms with Gasteiger partial charge in [0.15, 0.2) is 0 Å². The predicted molar refractivity (Wildman–Crippen MR) is 85.5 cm³/mol. The first kappa shape index (κ1) is 16.3. The normalized spacial score (nSPS) is 21.0. The summed E-state index contributed by atoms with van der Waals surface area (Å²) in [4.78, 5) is 13.9. The third kappa shape index (κ3) is 3.99. The van der Waals surface area contributed by atoms with Gasteiger partial charge in [0, 0.05) is 25.2 Å². The molecule has 0 bridgehead atoms. The highest BCUT2D eigenvalue weighted by molar-refractivity contribution is 5.90. The van der Waals surface area contributed by atoms with Crippen molar-refractivity contribution in [1.29, 1.82) is 5.26 Å². The maximum absolute atomic E-state index is 12.3. The van der Waals surface area contributed by atoms with Crippen molar-refractivity contribution < 1.29 is 9.90 Å². The van der Waals surface area contributed by atoms with Crippen molar-refractivity contribution in [1.82, 2.24) is 4.90 Å². The van der Waals surface area contributed by atoms with Crippen LogP contribution in [0.15, 0.2) is 18.2 Å². The lowest BCUT2D eigenvalue weighted by Gasteiger charge is -2.31. The van der Waals surface area contributed by atoms with Crippen molar-refractivity contribution in [3.63, 3.8) is 0 Å². The van der Waals surface area contributed by atoms with Gasteiger partial charge in [-0.1, -0.05) is 18.9 Å². The second kappa shape index (κ2) is 7.28. The van der Waals surface area contributed by atoms with Gasteiger partial charge in [-0.25, -0.2) is 4.79 Å². The zero-order chi connectivity index (χ0) is 16.1. The Morgan fingerprint density at radius 3 is 2.86 bits per heavy atom. The molecule has 1 fully saturated rings. The van der Waals surface area contributed by atoms with Crippen molar-refractivity contribution >= 4 is 11.7 Å². The molecule has 0 heterocycles. The Labute approximate surface area is 131 Å². The number of rotatable bonds is 3. The second-order valence-electron chi connectivity index (χ2n) is 6.06. The Balaban J connectivity index is 1.98. The highest BCUT2D eigenvalue weighted by Gasteiger charge is 2.25. The Morgan fingerprint density at radius 2 is 2.18 bits per heavy atom. The molecule has 1 aromatic carbocycles. The minimum Gasteiger partial charge on any atom is -0.393 e. The summed E-state index contributed by atoms with van der Waals surface area (Å²) >= 11 is 0. The van der Waals surface area contributed by atoms with Gasteiger partial charge in [-0.15, -0.1) is 0 Å². The summed E-state index contributed by atoms with van der Waals surface area (Å²) in [5, 5.41) is 21.8. The molecular formula is C17H23N3O2. The standard InChI is InChI=1S/C17H23N3O2/c1-12-7-8-13(10-18)9-15(12)19-17(22)20(2)11-14-5-3-4-6-16(14)21/h7-9,14,16,21H,3-6,11H2,1-2H3,(H,19,22). The number of hydrogen-bond donors (Lipinski definition) is 2. The lowest BCUT2D eigenvalue weighted by molar-refractivity contribution is 0.0575. The molecule has 22 heavy (non-hydrogen) atoms. The molecular weight excluding hydrogens is 278 g/mol. The molecule has 0 saturated heterocycles. The number of aryl methyl sites for hydroxylation is 1. The number of hydrogen-bond acceptors (Lipinski definition) is 3. The first-order valence-electron chi connectivity index (χ1n) is 7.72. The van der Waals surface area contributed by atoms with Crippen LogP contribution in [0.25, 0.3) is 0 Å². The Bertz CT molecular complexity index is 580. The Hall–Kier alpha value is -2.06. The van der Waals surface area contributed by atoms with Gasteiger partial charge >= 0.3 is 6.03 Å². The van der Waals surface area contributed by atoms with Gasteiger partial charge in [0.05, 0.1) is 17.7 Å². The van der Waals surface area contributed by atoms with Crippen LogP contribution >= 0.6 is 0 Å². The van der Waals surface area contributed by atoms with E-state index in [1.807, 2.05) is 13.0 Å². The Morgan fingerprint density at radius 1 is 1.45 bits per heavy atom. The molecule has 2 amide bonds. The molecule has 5 nitrogen and oxygen atoms in total. The number of carbonyl (C=O) groups excluding carboxylic acids is 1. The van der Waals surface area contributed by atoms with Crippen LogP contribution in [0.3, 0.4) is 0 Å². The molecule has 118 valence electrons. The van der Waals surface area contributed by atoms with Crippen LogP contribution in [0.4, 0.5) is 10.5 Å². The lowest BCUT2D eigenvalue weighted by Crippen LogP contribution is -2.40. The van der Waals surface area contributed by atoms with E-state index < -0.39 is 0 Å². The largest absolute Gasteiger partial charge is 0.393 e. The number of carbonyl (C=O) groups is 1. The van der Waals surface area contributed by atoms with E-state index in [-0.39, 0.29) is 18.1 Å². The molecule has 0 spiro atoms. The predicted octanol–water partition coefficient (Wildman–Crippen LogP) is 2.88. The van der Waals surface area contributed by atoms with E-state index >= 15 is 0 Å². The van der Waals surface area contributed by atoms with Crippen LogP contribution in [0.2, 0.25) is 0 Å². The number of nitrogens with zero attached hydrogens (tertiary/aromatic N) is 2. The van der Waals surface area contributed by atoms with E-state index in [1.54, 1.807) is 24.1 Å². The summed E-state index contributed by atoms with van der Waals surface area (Å²) < 4.78 is 0. The van der Waals surface area contributed by atoms with Gasteiger partial charge in [0.25, 0.3) is 0 Å². The maximum atomic E-state index is 12.3. The van der Waals surface area contributed by atoms with Crippen LogP contribution in [-0.2, 0) is 0 Å². The van der Waals surface area contributed by atoms with Gasteiger partial charge in [-0.2, -0.15) is 5.26 Å². The molecule has 0 aliphatic heterocycles. The number of nitrogens with one attached hydrogen (secondary N) is 1. The lowest BCUT2D eigenvalue weighted by atomic mass is 9.86. The summed E-state index contributed by atoms with van der Waals surface area (Å²) in [6.07, 6.45) is 3.65. The zero-order valence-corrected chi connectivity index (χ0v) is 13.2. The van der Waals surface area contributed by atoms with Crippen molar-refractivity contribution in [2.75, 3.05) is 18.9 Å². The number of aliphatic hydroxyl groups is 1. The van der Waals surface area contributed by atoms with Crippen molar-refractivity contribution in [2.24, 2.45) is 5.92 Å². The third-order valence-corrected chi connectivity index (χ3v) is 4.33. The van der Waals surface area contributed by atoms with E-state index in [4.69, 9.17) is 5.26 Å². The summed E-state index contributed by atoms with van der Waals surface area (Å²) in [6, 6.07) is 7.08. The number of benzene rings is 1. The SMILES string of the molecule is Cc1ccc(C#N)cc1NC(=O)N(C)CC1CCCCC1O. The highest BCUT2D eigenvalue weighted by Crippen LogP contribution is 2.25. The average molecular weight is 301 g/mol. The molecule has 0 aromatic heterocycles. The van der Waals surface area contributed by atoms with Crippen molar-refractivity contribution in [2.45, 2.75) is 38.7 Å². The molecule has 2 unspecified atom stereocenters. The van der Waals surface area contributed by atoms with Gasteiger partial charge in [-0.3, -0.25) is 0 Å². The number of aliphatic hydroxyl groups excluding tert-OH is 1. The topological polar surface area (TPSA) is 76.4 Å². The fourth-order valence-electron chi connectivity index (χ4n) is 2.87. The first-order chi connectivity index (χ1) is 10.5. The maximum Gasteiger partial charge on any atom is 0.321 e. The minimum atomic E-state index is -0.312. The molecule has 1 aromatic rings. The highest BCUT2D eigenvalue weighted by atomic mass is 16.3. The van der Waals surface area contributed by atoms with E-state index in [2.05, 4.69) is 11.4 Å². The molecule has 2 N–H and O–H groups in total. The fourth-order valence-corrected chi connectivity index (χ4v) is 2.87. The summed E-state index contributed by atoms with van der Waals surface area (Å²) in [5.41, 5.74) is 2.09. The van der Waals surface area contributed by atoms with Gasteiger partial charge < -0.3 is 15.3 Å². The van der Waals surface area contributed by atoms with Crippen LogP contribution in [0, 0.1) is 24.2 Å². The average Bonchev–Trinajstić information content (AvgIpc) is 2.51. The minimum absolute atomic E-state index is 0.149. The van der Waals surface area contributed by atoms with E-state index in [9.17, 15) is 9.90 Å². The molecule has 1 aliphatic carbocycles. The zero-order valence-electron chi connectivity index (χ0n) is 13.2. The van der Waals surface area contributed by atoms with Gasteiger partial charge in [-0.05, 0) is 37.5 Å². The fraction of sp³-hybridized carbons (Fsp3) is 0.529. The van der Waals surface area contributed by atoms with Gasteiger partial charge in [0.1, 0.15) is 0 Å². The first-order valence-corrected chi connectivity index (χ1v) is 7.72. The molecule has 2 atom stereocenters. The van der Waals surface area contributed by atoms with Crippen LogP contribution in [0.1, 0.15) is 36.8 Å². The number of amides is 2. The summed E-state index contributed by atoms with van der Waals surface area (Å²) in [5.74, 6) is 0.149. The second-order valence-corrected chi connectivity index (χ2v) is 6.06. The third-order valence-electron chi connectivity index (χ3n) is 4.33. The molecule has 1 aliphatic rings. The van der Waals surface area contributed by atoms with Crippen LogP contribution < -0.4 is 5.32 Å². The van der Waals surface area contributed by atoms with Crippen molar-refractivity contribution in [3.8, 4) is 6.07 Å². The number of urea groups is 1. The molecule has 0 radical (unpaired) electrons. The van der Waals surface area contributed by atoms with E-state index in [1.165, 1.54) is 0 Å². The van der Waals surface area contributed by atoms with Gasteiger partial charge in [0.2, 0.25) is 0 Å². The van der Waals surface area contributed by atoms with E-state index in [0.717, 1.165) is 31.2 Å². The van der Waals surface area contributed by atoms with Crippen LogP contribution in [-0.4, -0.2) is 35.7 Å². The quantitative estimate of drug-likeness (QED) is 0.901. The van der Waals surface area contributed by atoms with Crippen LogP contribution in [0.5, 0.6) is 0 Å². The molecule has 2 rings (SSSR count). The number of nitriles is 1.